The van der Waals surface area contributed by atoms with E-state index in [1.54, 1.807) is 21.5 Å². The number of anilines is 1. The molecule has 2 aromatic rings. The lowest BCUT2D eigenvalue weighted by Gasteiger charge is -2.35. The molecule has 4 rings (SSSR count). The minimum absolute atomic E-state index is 0.0427. The average Bonchev–Trinajstić information content (AvgIpc) is 3.28. The largest absolute Gasteiger partial charge is 0.444 e. The Labute approximate surface area is 186 Å². The number of hydrogen-bond acceptors (Lipinski definition) is 7. The van der Waals surface area contributed by atoms with Crippen molar-refractivity contribution < 1.29 is 18.7 Å². The van der Waals surface area contributed by atoms with E-state index in [-0.39, 0.29) is 17.7 Å². The average molecular weight is 445 g/mol. The van der Waals surface area contributed by atoms with Crippen LogP contribution in [0.15, 0.2) is 6.20 Å². The van der Waals surface area contributed by atoms with Gasteiger partial charge in [0.05, 0.1) is 25.0 Å². The van der Waals surface area contributed by atoms with Crippen LogP contribution in [-0.2, 0) is 29.7 Å². The highest BCUT2D eigenvalue weighted by molar-refractivity contribution is 5.75. The van der Waals surface area contributed by atoms with E-state index in [1.165, 1.54) is 6.92 Å². The second-order valence-corrected chi connectivity index (χ2v) is 9.09. The molecule has 2 aromatic heterocycles. The monoisotopic (exact) mass is 445 g/mol. The van der Waals surface area contributed by atoms with E-state index in [0.717, 1.165) is 17.5 Å². The Kier molecular flexibility index (Phi) is 5.51. The maximum absolute atomic E-state index is 14.7. The summed E-state index contributed by atoms with van der Waals surface area (Å²) in [7, 11) is 1.78. The topological polar surface area (TPSA) is 96.7 Å². The van der Waals surface area contributed by atoms with Gasteiger partial charge in [-0.15, -0.1) is 0 Å². The van der Waals surface area contributed by atoms with Gasteiger partial charge < -0.3 is 19.4 Å². The van der Waals surface area contributed by atoms with Gasteiger partial charge in [0.15, 0.2) is 5.82 Å². The minimum atomic E-state index is -0.566. The van der Waals surface area contributed by atoms with Gasteiger partial charge in [0.2, 0.25) is 11.9 Å². The van der Waals surface area contributed by atoms with E-state index in [2.05, 4.69) is 15.1 Å². The van der Waals surface area contributed by atoms with Crippen molar-refractivity contribution in [3.05, 3.63) is 23.3 Å². The number of fused-ring (bicyclic) bond motifs is 1. The zero-order valence-electron chi connectivity index (χ0n) is 19.1. The number of nitrogens with zero attached hydrogens (tertiary/aromatic N) is 7. The van der Waals surface area contributed by atoms with Crippen LogP contribution in [0.3, 0.4) is 0 Å². The van der Waals surface area contributed by atoms with E-state index >= 15 is 0 Å². The fraction of sp³-hybridized carbons (Fsp3) is 0.571. The lowest BCUT2D eigenvalue weighted by Crippen LogP contribution is -2.50. The summed E-state index contributed by atoms with van der Waals surface area (Å²) in [5, 5.41) is 4.47. The highest BCUT2D eigenvalue weighted by atomic mass is 19.1. The fourth-order valence-corrected chi connectivity index (χ4v) is 3.90. The number of ether oxygens (including phenoxy) is 1. The Morgan fingerprint density at radius 2 is 1.75 bits per heavy atom. The van der Waals surface area contributed by atoms with Crippen molar-refractivity contribution >= 4 is 17.9 Å². The first-order chi connectivity index (χ1) is 15.0. The summed E-state index contributed by atoms with van der Waals surface area (Å²) in [6, 6.07) is 0. The molecular weight excluding hydrogens is 417 g/mol. The molecule has 0 unspecified atom stereocenters. The van der Waals surface area contributed by atoms with Crippen molar-refractivity contribution in [2.24, 2.45) is 7.05 Å². The van der Waals surface area contributed by atoms with Crippen LogP contribution in [-0.4, -0.2) is 73.3 Å². The third kappa shape index (κ3) is 4.23. The van der Waals surface area contributed by atoms with Crippen LogP contribution in [0.25, 0.3) is 11.4 Å². The van der Waals surface area contributed by atoms with Gasteiger partial charge in [0.1, 0.15) is 17.0 Å². The molecule has 0 spiro atoms. The number of piperazine rings is 1. The molecule has 32 heavy (non-hydrogen) atoms. The van der Waals surface area contributed by atoms with Gasteiger partial charge >= 0.3 is 6.09 Å². The van der Waals surface area contributed by atoms with Gasteiger partial charge in [0.25, 0.3) is 0 Å². The molecule has 11 heteroatoms. The summed E-state index contributed by atoms with van der Waals surface area (Å²) in [5.41, 5.74) is 1.68. The van der Waals surface area contributed by atoms with Gasteiger partial charge in [-0.1, -0.05) is 0 Å². The predicted octanol–water partition coefficient (Wildman–Crippen LogP) is 1.94. The van der Waals surface area contributed by atoms with Crippen LogP contribution in [0.2, 0.25) is 0 Å². The third-order valence-electron chi connectivity index (χ3n) is 5.58. The van der Waals surface area contributed by atoms with Crippen molar-refractivity contribution in [3.63, 3.8) is 0 Å². The molecule has 0 aliphatic carbocycles. The Balaban J connectivity index is 1.53. The van der Waals surface area contributed by atoms with Gasteiger partial charge in [-0.3, -0.25) is 9.48 Å². The van der Waals surface area contributed by atoms with Crippen LogP contribution < -0.4 is 4.90 Å². The zero-order chi connectivity index (χ0) is 23.2. The van der Waals surface area contributed by atoms with Gasteiger partial charge in [0, 0.05) is 45.7 Å². The molecule has 4 heterocycles. The number of carbonyl (C=O) groups is 2. The van der Waals surface area contributed by atoms with E-state index in [0.29, 0.717) is 50.9 Å². The van der Waals surface area contributed by atoms with E-state index in [9.17, 15) is 14.0 Å². The summed E-state index contributed by atoms with van der Waals surface area (Å²) in [6.45, 7) is 9.75. The molecule has 172 valence electrons. The molecule has 0 atom stereocenters. The maximum Gasteiger partial charge on any atom is 0.410 e. The molecule has 1 saturated heterocycles. The first-order valence-electron chi connectivity index (χ1n) is 10.6. The quantitative estimate of drug-likeness (QED) is 0.697. The Morgan fingerprint density at radius 3 is 2.38 bits per heavy atom. The molecule has 1 fully saturated rings. The molecule has 2 aliphatic heterocycles. The molecule has 2 aliphatic rings. The fourth-order valence-electron chi connectivity index (χ4n) is 3.90. The van der Waals surface area contributed by atoms with Crippen molar-refractivity contribution in [1.29, 1.82) is 0 Å². The minimum Gasteiger partial charge on any atom is -0.444 e. The maximum atomic E-state index is 14.7. The Bertz CT molecular complexity index is 1050. The van der Waals surface area contributed by atoms with Crippen LogP contribution in [0, 0.1) is 5.82 Å². The molecule has 0 N–H and O–H groups in total. The van der Waals surface area contributed by atoms with E-state index in [1.807, 2.05) is 25.7 Å². The number of carbonyl (C=O) groups excluding carboxylic acids is 2. The van der Waals surface area contributed by atoms with Crippen molar-refractivity contribution in [2.75, 3.05) is 31.1 Å². The molecule has 10 nitrogen and oxygen atoms in total. The highest BCUT2D eigenvalue weighted by Crippen LogP contribution is 2.33. The lowest BCUT2D eigenvalue weighted by molar-refractivity contribution is -0.129. The summed E-state index contributed by atoms with van der Waals surface area (Å²) in [6.07, 6.45) is 0.799. The lowest BCUT2D eigenvalue weighted by atomic mass is 10.1. The Morgan fingerprint density at radius 1 is 1.06 bits per heavy atom. The normalized spacial score (nSPS) is 16.4. The molecular formula is C21H28FN7O3. The first-order valence-corrected chi connectivity index (χ1v) is 10.6. The molecule has 0 radical (unpaired) electrons. The highest BCUT2D eigenvalue weighted by Gasteiger charge is 2.31. The van der Waals surface area contributed by atoms with Crippen LogP contribution >= 0.6 is 0 Å². The van der Waals surface area contributed by atoms with Gasteiger partial charge in [-0.05, 0) is 20.8 Å². The number of aryl methyl sites for hydroxylation is 1. The van der Waals surface area contributed by atoms with Crippen molar-refractivity contribution in [2.45, 2.75) is 46.4 Å². The first kappa shape index (κ1) is 22.0. The Hall–Kier alpha value is -3.24. The van der Waals surface area contributed by atoms with E-state index < -0.39 is 11.4 Å². The predicted molar refractivity (Wildman–Crippen MR) is 114 cm³/mol. The van der Waals surface area contributed by atoms with Gasteiger partial charge in [-0.25, -0.2) is 19.2 Å². The zero-order valence-corrected chi connectivity index (χ0v) is 19.1. The molecule has 0 aromatic carbocycles. The van der Waals surface area contributed by atoms with Crippen LogP contribution in [0.4, 0.5) is 15.1 Å². The number of halogens is 1. The summed E-state index contributed by atoms with van der Waals surface area (Å²) < 4.78 is 21.8. The van der Waals surface area contributed by atoms with Crippen LogP contribution in [0.1, 0.15) is 39.0 Å². The molecule has 0 bridgehead atoms. The van der Waals surface area contributed by atoms with Crippen LogP contribution in [0.5, 0.6) is 0 Å². The second kappa shape index (κ2) is 8.03. The smallest absolute Gasteiger partial charge is 0.410 e. The van der Waals surface area contributed by atoms with E-state index in [4.69, 9.17) is 4.74 Å². The van der Waals surface area contributed by atoms with Crippen molar-refractivity contribution in [3.8, 4) is 11.4 Å². The third-order valence-corrected chi connectivity index (χ3v) is 5.58. The SMILES string of the molecule is CC(=O)N1Cc2c(-c3nc(N4CCN(C(=O)OC(C)(C)C)CC4)ncc3F)nn(C)c2C1. The molecule has 0 saturated carbocycles. The number of aromatic nitrogens is 4. The summed E-state index contributed by atoms with van der Waals surface area (Å²) >= 11 is 0. The summed E-state index contributed by atoms with van der Waals surface area (Å²) in [5.74, 6) is -0.228. The number of hydrogen-bond donors (Lipinski definition) is 0. The standard InChI is InChI=1S/C21H28FN7O3/c1-13(30)29-11-14-16(12-29)26(5)25-17(14)18-15(22)10-23-19(24-18)27-6-8-28(9-7-27)20(31)32-21(2,3)4/h10H,6-9,11-12H2,1-5H3. The molecule has 2 amide bonds. The summed E-state index contributed by atoms with van der Waals surface area (Å²) in [4.78, 5) is 38.0. The van der Waals surface area contributed by atoms with Gasteiger partial charge in [-0.2, -0.15) is 5.10 Å². The second-order valence-electron chi connectivity index (χ2n) is 9.09. The van der Waals surface area contributed by atoms with Crippen molar-refractivity contribution in [1.82, 2.24) is 29.5 Å². The number of rotatable bonds is 2. The number of amides is 2.